The molecule has 0 spiro atoms. The van der Waals surface area contributed by atoms with E-state index in [9.17, 15) is 14.3 Å². The van der Waals surface area contributed by atoms with Crippen molar-refractivity contribution in [2.24, 2.45) is 0 Å². The molecule has 0 saturated heterocycles. The fourth-order valence-electron chi connectivity index (χ4n) is 3.57. The minimum atomic E-state index is -0.616. The Hall–Kier alpha value is -2.40. The number of halogens is 1. The maximum absolute atomic E-state index is 13.8. The van der Waals surface area contributed by atoms with Gasteiger partial charge in [0.05, 0.1) is 12.1 Å². The molecule has 4 atom stereocenters. The predicted molar refractivity (Wildman–Crippen MR) is 88.1 cm³/mol. The van der Waals surface area contributed by atoms with Gasteiger partial charge in [0.25, 0.3) is 0 Å². The lowest BCUT2D eigenvalue weighted by Gasteiger charge is -2.18. The average Bonchev–Trinajstić information content (AvgIpc) is 3.25. The van der Waals surface area contributed by atoms with Gasteiger partial charge in [0.2, 0.25) is 0 Å². The molecule has 2 unspecified atom stereocenters. The van der Waals surface area contributed by atoms with Crippen LogP contribution >= 0.6 is 0 Å². The molecule has 124 valence electrons. The van der Waals surface area contributed by atoms with Crippen LogP contribution in [-0.4, -0.2) is 23.3 Å². The normalized spacial score (nSPS) is 27.4. The first-order valence-corrected chi connectivity index (χ1v) is 8.21. The molecule has 0 radical (unpaired) electrons. The van der Waals surface area contributed by atoms with E-state index in [1.807, 2.05) is 24.3 Å². The maximum Gasteiger partial charge on any atom is 0.315 e. The molecule has 0 aliphatic heterocycles. The SMILES string of the molecule is O=C(NC1CC1c1ccccc1F)N[C@H]1c2ccccc2C[C@H]1O. The molecule has 24 heavy (non-hydrogen) atoms. The highest BCUT2D eigenvalue weighted by Gasteiger charge is 2.41. The average molecular weight is 326 g/mol. The van der Waals surface area contributed by atoms with Crippen molar-refractivity contribution in [1.29, 1.82) is 0 Å². The van der Waals surface area contributed by atoms with Gasteiger partial charge in [0.1, 0.15) is 5.82 Å². The van der Waals surface area contributed by atoms with Crippen LogP contribution in [0.1, 0.15) is 35.1 Å². The predicted octanol–water partition coefficient (Wildman–Crippen LogP) is 2.64. The molecular formula is C19H19FN2O2. The second-order valence-electron chi connectivity index (χ2n) is 6.54. The zero-order chi connectivity index (χ0) is 16.7. The summed E-state index contributed by atoms with van der Waals surface area (Å²) in [7, 11) is 0. The smallest absolute Gasteiger partial charge is 0.315 e. The van der Waals surface area contributed by atoms with Crippen molar-refractivity contribution < 1.29 is 14.3 Å². The minimum Gasteiger partial charge on any atom is -0.390 e. The highest BCUT2D eigenvalue weighted by atomic mass is 19.1. The van der Waals surface area contributed by atoms with Crippen molar-refractivity contribution in [1.82, 2.24) is 10.6 Å². The molecule has 1 fully saturated rings. The van der Waals surface area contributed by atoms with Crippen LogP contribution in [0.3, 0.4) is 0 Å². The summed E-state index contributed by atoms with van der Waals surface area (Å²) in [4.78, 5) is 12.2. The fourth-order valence-corrected chi connectivity index (χ4v) is 3.57. The number of hydrogen-bond acceptors (Lipinski definition) is 2. The van der Waals surface area contributed by atoms with Crippen LogP contribution in [0.15, 0.2) is 48.5 Å². The lowest BCUT2D eigenvalue weighted by atomic mass is 10.1. The van der Waals surface area contributed by atoms with Crippen LogP contribution in [0.2, 0.25) is 0 Å². The Labute approximate surface area is 139 Å². The number of rotatable bonds is 3. The van der Waals surface area contributed by atoms with E-state index in [0.717, 1.165) is 17.5 Å². The van der Waals surface area contributed by atoms with Gasteiger partial charge in [-0.25, -0.2) is 9.18 Å². The highest BCUT2D eigenvalue weighted by molar-refractivity contribution is 5.76. The second-order valence-corrected chi connectivity index (χ2v) is 6.54. The quantitative estimate of drug-likeness (QED) is 0.812. The zero-order valence-corrected chi connectivity index (χ0v) is 13.1. The van der Waals surface area contributed by atoms with E-state index in [1.165, 1.54) is 6.07 Å². The number of carbonyl (C=O) groups excluding carboxylic acids is 1. The molecule has 1 saturated carbocycles. The van der Waals surface area contributed by atoms with Crippen molar-refractivity contribution >= 4 is 6.03 Å². The standard InChI is InChI=1S/C19H19FN2O2/c20-15-8-4-3-7-13(15)14-10-16(14)21-19(24)22-18-12-6-2-1-5-11(12)9-17(18)23/h1-8,14,16-18,23H,9-10H2,(H2,21,22,24)/t14?,16?,17-,18+/m1/s1. The Bertz CT molecular complexity index is 779. The Balaban J connectivity index is 1.38. The molecule has 5 heteroatoms. The monoisotopic (exact) mass is 326 g/mol. The van der Waals surface area contributed by atoms with Gasteiger partial charge in [0.15, 0.2) is 0 Å². The fraction of sp³-hybridized carbons (Fsp3) is 0.316. The van der Waals surface area contributed by atoms with Gasteiger partial charge in [-0.1, -0.05) is 42.5 Å². The first kappa shape index (κ1) is 15.1. The molecule has 2 aliphatic rings. The van der Waals surface area contributed by atoms with Crippen LogP contribution in [0.4, 0.5) is 9.18 Å². The van der Waals surface area contributed by atoms with Crippen LogP contribution in [-0.2, 0) is 6.42 Å². The number of hydrogen-bond donors (Lipinski definition) is 3. The zero-order valence-electron chi connectivity index (χ0n) is 13.1. The first-order valence-electron chi connectivity index (χ1n) is 8.21. The Kier molecular flexibility index (Phi) is 3.73. The number of fused-ring (bicyclic) bond motifs is 1. The van der Waals surface area contributed by atoms with E-state index >= 15 is 0 Å². The van der Waals surface area contributed by atoms with Crippen LogP contribution in [0, 0.1) is 5.82 Å². The topological polar surface area (TPSA) is 61.4 Å². The Morgan fingerprint density at radius 2 is 1.75 bits per heavy atom. The third-order valence-electron chi connectivity index (χ3n) is 4.90. The number of amides is 2. The highest BCUT2D eigenvalue weighted by Crippen LogP contribution is 2.41. The van der Waals surface area contributed by atoms with Gasteiger partial charge in [-0.05, 0) is 29.2 Å². The molecule has 2 amide bonds. The van der Waals surface area contributed by atoms with E-state index in [-0.39, 0.29) is 23.8 Å². The van der Waals surface area contributed by atoms with Gasteiger partial charge in [-0.2, -0.15) is 0 Å². The maximum atomic E-state index is 13.8. The number of urea groups is 1. The molecule has 2 aromatic carbocycles. The van der Waals surface area contributed by atoms with Crippen molar-refractivity contribution in [3.05, 3.63) is 71.0 Å². The van der Waals surface area contributed by atoms with Crippen molar-refractivity contribution in [2.45, 2.75) is 36.9 Å². The van der Waals surface area contributed by atoms with Crippen molar-refractivity contribution in [3.63, 3.8) is 0 Å². The van der Waals surface area contributed by atoms with Crippen LogP contribution < -0.4 is 10.6 Å². The number of nitrogens with one attached hydrogen (secondary N) is 2. The summed E-state index contributed by atoms with van der Waals surface area (Å²) < 4.78 is 13.8. The van der Waals surface area contributed by atoms with Gasteiger partial charge in [0, 0.05) is 18.4 Å². The van der Waals surface area contributed by atoms with Gasteiger partial charge in [-0.3, -0.25) is 0 Å². The molecule has 0 bridgehead atoms. The summed E-state index contributed by atoms with van der Waals surface area (Å²) in [5.41, 5.74) is 2.67. The summed E-state index contributed by atoms with van der Waals surface area (Å²) in [5, 5.41) is 15.9. The molecule has 2 aromatic rings. The van der Waals surface area contributed by atoms with Crippen LogP contribution in [0.5, 0.6) is 0 Å². The van der Waals surface area contributed by atoms with E-state index in [4.69, 9.17) is 0 Å². The number of benzene rings is 2. The van der Waals surface area contributed by atoms with E-state index in [2.05, 4.69) is 10.6 Å². The Morgan fingerprint density at radius 1 is 1.04 bits per heavy atom. The molecule has 4 nitrogen and oxygen atoms in total. The van der Waals surface area contributed by atoms with Crippen molar-refractivity contribution in [2.75, 3.05) is 0 Å². The third kappa shape index (κ3) is 2.76. The summed E-state index contributed by atoms with van der Waals surface area (Å²) >= 11 is 0. The molecule has 2 aliphatic carbocycles. The number of aliphatic hydroxyl groups excluding tert-OH is 1. The first-order chi connectivity index (χ1) is 11.6. The summed E-state index contributed by atoms with van der Waals surface area (Å²) in [6, 6.07) is 13.6. The molecule has 4 rings (SSSR count). The van der Waals surface area contributed by atoms with Gasteiger partial charge >= 0.3 is 6.03 Å². The van der Waals surface area contributed by atoms with Gasteiger partial charge in [-0.15, -0.1) is 0 Å². The largest absolute Gasteiger partial charge is 0.390 e. The van der Waals surface area contributed by atoms with Crippen molar-refractivity contribution in [3.8, 4) is 0 Å². The van der Waals surface area contributed by atoms with Gasteiger partial charge < -0.3 is 15.7 Å². The molecule has 0 aromatic heterocycles. The minimum absolute atomic E-state index is 0.0257. The van der Waals surface area contributed by atoms with E-state index < -0.39 is 12.1 Å². The summed E-state index contributed by atoms with van der Waals surface area (Å²) in [6.07, 6.45) is 0.662. The number of aliphatic hydroxyl groups is 1. The number of carbonyl (C=O) groups is 1. The lowest BCUT2D eigenvalue weighted by molar-refractivity contribution is 0.142. The summed E-state index contributed by atoms with van der Waals surface area (Å²) in [5.74, 6) is -0.204. The lowest BCUT2D eigenvalue weighted by Crippen LogP contribution is -2.42. The van der Waals surface area contributed by atoms with E-state index in [0.29, 0.717) is 12.0 Å². The third-order valence-corrected chi connectivity index (χ3v) is 4.90. The van der Waals surface area contributed by atoms with Crippen LogP contribution in [0.25, 0.3) is 0 Å². The van der Waals surface area contributed by atoms with E-state index in [1.54, 1.807) is 18.2 Å². The molecule has 3 N–H and O–H groups in total. The summed E-state index contributed by atoms with van der Waals surface area (Å²) in [6.45, 7) is 0. The Morgan fingerprint density at radius 3 is 2.54 bits per heavy atom. The second kappa shape index (κ2) is 5.91. The molecular weight excluding hydrogens is 307 g/mol. The molecule has 0 heterocycles.